The highest BCUT2D eigenvalue weighted by Crippen LogP contribution is 2.38. The van der Waals surface area contributed by atoms with E-state index < -0.39 is 88.2 Å². The molecule has 2 fully saturated rings. The van der Waals surface area contributed by atoms with Crippen LogP contribution in [0.15, 0.2) is 11.1 Å². The molecule has 0 aliphatic carbocycles. The lowest BCUT2D eigenvalue weighted by atomic mass is 10.00. The fourth-order valence-electron chi connectivity index (χ4n) is 4.04. The second kappa shape index (κ2) is 10.3. The third-order valence-electron chi connectivity index (χ3n) is 5.72. The monoisotopic (exact) mass is 589 g/mol. The molecule has 2 aliphatic heterocycles. The number of nitrogens with one attached hydrogen (secondary N) is 1. The molecule has 0 bridgehead atoms. The SMILES string of the molecule is C[C@H]1O[C@H](O[C@H]2[C@@H](OS(=O)(=O)O)[C@H](n3cnc4c(=O)[nH]c(N)nc43)O[C@@H]2COS(=O)(=O)O)[C@H](O)[C@@H](O)[C@H]1O. The summed E-state index contributed by atoms with van der Waals surface area (Å²) in [6.45, 7) is 0.290. The number of H-pyrrole nitrogens is 1. The van der Waals surface area contributed by atoms with E-state index in [0.29, 0.717) is 0 Å². The molecule has 0 radical (unpaired) electrons. The normalized spacial score (nSPS) is 34.6. The lowest BCUT2D eigenvalue weighted by Gasteiger charge is -2.40. The van der Waals surface area contributed by atoms with Crippen molar-refractivity contribution < 1.29 is 63.8 Å². The minimum Gasteiger partial charge on any atom is -0.388 e. The third-order valence-corrected chi connectivity index (χ3v) is 6.62. The smallest absolute Gasteiger partial charge is 0.388 e. The number of hydrogen-bond acceptors (Lipinski definition) is 16. The summed E-state index contributed by atoms with van der Waals surface area (Å²) in [5, 5.41) is 30.4. The van der Waals surface area contributed by atoms with Crippen molar-refractivity contribution >= 4 is 37.9 Å². The van der Waals surface area contributed by atoms with Gasteiger partial charge in [-0.15, -0.1) is 0 Å². The summed E-state index contributed by atoms with van der Waals surface area (Å²) in [6.07, 6.45) is -14.3. The summed E-state index contributed by atoms with van der Waals surface area (Å²) in [5.74, 6) is -0.367. The van der Waals surface area contributed by atoms with Gasteiger partial charge in [0.2, 0.25) is 5.95 Å². The van der Waals surface area contributed by atoms with Crippen molar-refractivity contribution in [3.63, 3.8) is 0 Å². The summed E-state index contributed by atoms with van der Waals surface area (Å²) in [7, 11) is -10.4. The quantitative estimate of drug-likeness (QED) is 0.144. The first kappa shape index (κ1) is 28.7. The van der Waals surface area contributed by atoms with Crippen molar-refractivity contribution in [2.45, 2.75) is 62.2 Å². The van der Waals surface area contributed by atoms with Crippen molar-refractivity contribution in [2.24, 2.45) is 0 Å². The molecule has 0 saturated carbocycles. The minimum atomic E-state index is -5.29. The number of rotatable bonds is 8. The van der Waals surface area contributed by atoms with E-state index in [2.05, 4.69) is 19.1 Å². The van der Waals surface area contributed by atoms with Gasteiger partial charge in [0.1, 0.15) is 30.5 Å². The molecule has 2 aromatic heterocycles. The summed E-state index contributed by atoms with van der Waals surface area (Å²) >= 11 is 0. The number of aromatic nitrogens is 4. The van der Waals surface area contributed by atoms with Crippen molar-refractivity contribution in [1.82, 2.24) is 19.5 Å². The Morgan fingerprint density at radius 3 is 2.39 bits per heavy atom. The number of nitrogen functional groups attached to an aromatic ring is 1. The van der Waals surface area contributed by atoms with Gasteiger partial charge in [-0.25, -0.2) is 13.4 Å². The van der Waals surface area contributed by atoms with Crippen molar-refractivity contribution in [1.29, 1.82) is 0 Å². The molecule has 9 atom stereocenters. The van der Waals surface area contributed by atoms with Crippen LogP contribution in [-0.4, -0.2) is 116 Å². The molecule has 2 saturated heterocycles. The van der Waals surface area contributed by atoms with Gasteiger partial charge in [0.15, 0.2) is 29.8 Å². The van der Waals surface area contributed by atoms with Crippen LogP contribution in [0.25, 0.3) is 11.2 Å². The number of imidazole rings is 1. The van der Waals surface area contributed by atoms with Crippen molar-refractivity contribution in [3.05, 3.63) is 16.7 Å². The number of hydrogen-bond donors (Lipinski definition) is 7. The molecule has 38 heavy (non-hydrogen) atoms. The van der Waals surface area contributed by atoms with Gasteiger partial charge < -0.3 is 35.3 Å². The van der Waals surface area contributed by atoms with Gasteiger partial charge >= 0.3 is 20.8 Å². The van der Waals surface area contributed by atoms with E-state index in [9.17, 15) is 41.5 Å². The second-order valence-corrected chi connectivity index (χ2v) is 10.5. The van der Waals surface area contributed by atoms with Crippen LogP contribution in [0.1, 0.15) is 13.2 Å². The zero-order valence-corrected chi connectivity index (χ0v) is 20.7. The molecule has 22 heteroatoms. The fourth-order valence-corrected chi connectivity index (χ4v) is 4.83. The minimum absolute atomic E-state index is 0.253. The topological polar surface area (TPSA) is 305 Å². The van der Waals surface area contributed by atoms with Crippen LogP contribution in [0.5, 0.6) is 0 Å². The Bertz CT molecular complexity index is 1440. The highest BCUT2D eigenvalue weighted by Gasteiger charge is 2.53. The molecule has 0 aromatic carbocycles. The molecular weight excluding hydrogens is 566 g/mol. The number of nitrogens with two attached hydrogens (primary N) is 1. The van der Waals surface area contributed by atoms with E-state index in [0.717, 1.165) is 10.9 Å². The average molecular weight is 590 g/mol. The first-order valence-electron chi connectivity index (χ1n) is 10.6. The predicted octanol–water partition coefficient (Wildman–Crippen LogP) is -4.18. The average Bonchev–Trinajstić information content (AvgIpc) is 3.34. The summed E-state index contributed by atoms with van der Waals surface area (Å²) in [4.78, 5) is 22.1. The first-order valence-corrected chi connectivity index (χ1v) is 13.3. The number of aliphatic hydroxyl groups is 3. The Morgan fingerprint density at radius 2 is 1.76 bits per heavy atom. The van der Waals surface area contributed by atoms with E-state index >= 15 is 0 Å². The molecule has 20 nitrogen and oxygen atoms in total. The third kappa shape index (κ3) is 5.95. The van der Waals surface area contributed by atoms with Crippen molar-refractivity contribution in [2.75, 3.05) is 12.3 Å². The van der Waals surface area contributed by atoms with Crippen molar-refractivity contribution in [3.8, 4) is 0 Å². The number of anilines is 1. The molecule has 2 aliphatic rings. The number of fused-ring (bicyclic) bond motifs is 1. The lowest BCUT2D eigenvalue weighted by molar-refractivity contribution is -0.310. The molecule has 2 aromatic rings. The molecule has 8 N–H and O–H groups in total. The summed E-state index contributed by atoms with van der Waals surface area (Å²) < 4.78 is 91.0. The maximum Gasteiger partial charge on any atom is 0.397 e. The maximum absolute atomic E-state index is 12.2. The Labute approximate surface area is 212 Å². The second-order valence-electron chi connectivity index (χ2n) is 8.32. The summed E-state index contributed by atoms with van der Waals surface area (Å²) in [5.41, 5.74) is 4.26. The molecule has 4 heterocycles. The molecule has 0 amide bonds. The summed E-state index contributed by atoms with van der Waals surface area (Å²) in [6, 6.07) is 0. The first-order chi connectivity index (χ1) is 17.6. The lowest BCUT2D eigenvalue weighted by Crippen LogP contribution is -2.59. The largest absolute Gasteiger partial charge is 0.397 e. The van der Waals surface area contributed by atoms with E-state index in [1.807, 2.05) is 0 Å². The van der Waals surface area contributed by atoms with Gasteiger partial charge in [-0.3, -0.25) is 23.5 Å². The Kier molecular flexibility index (Phi) is 7.78. The van der Waals surface area contributed by atoms with Gasteiger partial charge in [0.05, 0.1) is 19.0 Å². The van der Waals surface area contributed by atoms with E-state index in [1.54, 1.807) is 0 Å². The molecule has 4 rings (SSSR count). The zero-order chi connectivity index (χ0) is 28.2. The number of aromatic amines is 1. The predicted molar refractivity (Wildman–Crippen MR) is 118 cm³/mol. The van der Waals surface area contributed by atoms with Gasteiger partial charge in [-0.1, -0.05) is 0 Å². The zero-order valence-electron chi connectivity index (χ0n) is 19.0. The Hall–Kier alpha value is -2.35. The maximum atomic E-state index is 12.2. The van der Waals surface area contributed by atoms with Crippen LogP contribution in [-0.2, 0) is 43.4 Å². The molecule has 0 unspecified atom stereocenters. The van der Waals surface area contributed by atoms with Crippen LogP contribution in [0.3, 0.4) is 0 Å². The Morgan fingerprint density at radius 1 is 1.08 bits per heavy atom. The standard InChI is InChI=1S/C16H23N5O15S2/c1-4-7(22)8(23)9(24)15(33-4)35-10-5(2-32-37(26,27)28)34-14(11(10)36-38(29,30)31)21-3-18-6-12(21)19-16(17)20-13(6)25/h3-5,7-11,14-15,22-24H,2H2,1H3,(H,26,27,28)(H,29,30,31)(H3,17,19,20,25)/t4-,5-,7+,8+,9-,10-,11-,14-,15-/m1/s1. The van der Waals surface area contributed by atoms with E-state index in [4.69, 9.17) is 28.7 Å². The highest BCUT2D eigenvalue weighted by molar-refractivity contribution is 7.81. The van der Waals surface area contributed by atoms with Crippen LogP contribution in [0, 0.1) is 0 Å². The molecule has 214 valence electrons. The van der Waals surface area contributed by atoms with Gasteiger partial charge in [-0.2, -0.15) is 21.8 Å². The van der Waals surface area contributed by atoms with Crippen LogP contribution >= 0.6 is 0 Å². The molecular formula is C16H23N5O15S2. The van der Waals surface area contributed by atoms with E-state index in [-0.39, 0.29) is 17.1 Å². The van der Waals surface area contributed by atoms with Crippen LogP contribution in [0.2, 0.25) is 0 Å². The van der Waals surface area contributed by atoms with Crippen LogP contribution < -0.4 is 11.3 Å². The van der Waals surface area contributed by atoms with E-state index in [1.165, 1.54) is 6.92 Å². The Balaban J connectivity index is 1.77. The number of aliphatic hydroxyl groups excluding tert-OH is 3. The number of nitrogens with zero attached hydrogens (tertiary/aromatic N) is 3. The fraction of sp³-hybridized carbons (Fsp3) is 0.688. The molecule has 0 spiro atoms. The van der Waals surface area contributed by atoms with Gasteiger partial charge in [-0.05, 0) is 6.92 Å². The van der Waals surface area contributed by atoms with Gasteiger partial charge in [0.25, 0.3) is 5.56 Å². The van der Waals surface area contributed by atoms with Crippen LogP contribution in [0.4, 0.5) is 5.95 Å². The van der Waals surface area contributed by atoms with Gasteiger partial charge in [0, 0.05) is 0 Å². The highest BCUT2D eigenvalue weighted by atomic mass is 32.3. The number of ether oxygens (including phenoxy) is 3.